The molecule has 1 atom stereocenters. The SMILES string of the molecule is [B]C1=c2c(n(C3CCC(=O)NC3=O)c(=O)n2C)=CCC1. The fraction of sp³-hybridized carbons (Fsp3) is 0.462. The summed E-state index contributed by atoms with van der Waals surface area (Å²) in [6, 6.07) is -0.641. The number of rotatable bonds is 1. The van der Waals surface area contributed by atoms with E-state index in [9.17, 15) is 14.4 Å². The van der Waals surface area contributed by atoms with Crippen molar-refractivity contribution >= 4 is 31.2 Å². The van der Waals surface area contributed by atoms with Gasteiger partial charge < -0.3 is 0 Å². The molecule has 2 radical (unpaired) electrons. The van der Waals surface area contributed by atoms with E-state index >= 15 is 0 Å². The van der Waals surface area contributed by atoms with E-state index in [1.165, 1.54) is 9.13 Å². The topological polar surface area (TPSA) is 73.1 Å². The lowest BCUT2D eigenvalue weighted by Crippen LogP contribution is -2.48. The van der Waals surface area contributed by atoms with Crippen LogP contribution >= 0.6 is 0 Å². The molecule has 2 heterocycles. The van der Waals surface area contributed by atoms with E-state index in [1.54, 1.807) is 7.05 Å². The van der Waals surface area contributed by atoms with Crippen LogP contribution in [0, 0.1) is 0 Å². The fourth-order valence-electron chi connectivity index (χ4n) is 2.93. The second-order valence-electron chi connectivity index (χ2n) is 5.18. The fourth-order valence-corrected chi connectivity index (χ4v) is 2.93. The van der Waals surface area contributed by atoms with Crippen molar-refractivity contribution in [1.82, 2.24) is 14.5 Å². The van der Waals surface area contributed by atoms with Gasteiger partial charge in [-0.05, 0) is 19.3 Å². The predicted molar refractivity (Wildman–Crippen MR) is 73.2 cm³/mol. The average molecular weight is 271 g/mol. The number of carbonyl (C=O) groups excluding carboxylic acids is 2. The number of imide groups is 1. The van der Waals surface area contributed by atoms with E-state index in [0.717, 1.165) is 6.42 Å². The summed E-state index contributed by atoms with van der Waals surface area (Å²) in [4.78, 5) is 35.6. The van der Waals surface area contributed by atoms with Crippen molar-refractivity contribution in [1.29, 1.82) is 0 Å². The summed E-state index contributed by atoms with van der Waals surface area (Å²) in [5.74, 6) is -0.714. The van der Waals surface area contributed by atoms with E-state index < -0.39 is 11.9 Å². The van der Waals surface area contributed by atoms with Gasteiger partial charge >= 0.3 is 5.69 Å². The van der Waals surface area contributed by atoms with Crippen molar-refractivity contribution in [3.05, 3.63) is 21.2 Å². The minimum absolute atomic E-state index is 0.242. The zero-order valence-electron chi connectivity index (χ0n) is 11.2. The Labute approximate surface area is 116 Å². The normalized spacial score (nSPS) is 22.2. The highest BCUT2D eigenvalue weighted by molar-refractivity contribution is 6.38. The quantitative estimate of drug-likeness (QED) is 0.475. The molecule has 1 N–H and O–H groups in total. The molecule has 1 fully saturated rings. The molecule has 102 valence electrons. The van der Waals surface area contributed by atoms with Crippen molar-refractivity contribution in [3.63, 3.8) is 0 Å². The van der Waals surface area contributed by atoms with E-state index in [4.69, 9.17) is 7.85 Å². The minimum atomic E-state index is -0.641. The van der Waals surface area contributed by atoms with Crippen LogP contribution in [0.25, 0.3) is 11.5 Å². The van der Waals surface area contributed by atoms with Gasteiger partial charge in [0.25, 0.3) is 0 Å². The monoisotopic (exact) mass is 271 g/mol. The Balaban J connectivity index is 2.25. The largest absolute Gasteiger partial charge is 0.329 e. The first-order valence-corrected chi connectivity index (χ1v) is 6.60. The van der Waals surface area contributed by atoms with Gasteiger partial charge in [-0.3, -0.25) is 24.0 Å². The Bertz CT molecular complexity index is 787. The van der Waals surface area contributed by atoms with Crippen molar-refractivity contribution in [2.24, 2.45) is 7.05 Å². The Morgan fingerprint density at radius 1 is 1.30 bits per heavy atom. The zero-order chi connectivity index (χ0) is 14.4. The van der Waals surface area contributed by atoms with Crippen LogP contribution in [0.3, 0.4) is 0 Å². The number of carbonyl (C=O) groups is 2. The molecular formula is C13H14BN3O3. The van der Waals surface area contributed by atoms with Crippen LogP contribution in [0.2, 0.25) is 0 Å². The van der Waals surface area contributed by atoms with Gasteiger partial charge in [-0.2, -0.15) is 0 Å². The van der Waals surface area contributed by atoms with Crippen molar-refractivity contribution in [3.8, 4) is 0 Å². The van der Waals surface area contributed by atoms with Gasteiger partial charge in [-0.15, -0.1) is 0 Å². The van der Waals surface area contributed by atoms with E-state index in [-0.39, 0.29) is 18.0 Å². The van der Waals surface area contributed by atoms with Crippen LogP contribution in [-0.4, -0.2) is 28.8 Å². The van der Waals surface area contributed by atoms with Gasteiger partial charge in [-0.25, -0.2) is 4.79 Å². The third-order valence-electron chi connectivity index (χ3n) is 3.91. The Hall–Kier alpha value is -2.05. The maximum absolute atomic E-state index is 12.4. The van der Waals surface area contributed by atoms with Crippen molar-refractivity contribution < 1.29 is 9.59 Å². The van der Waals surface area contributed by atoms with Crippen LogP contribution in [0.1, 0.15) is 31.7 Å². The molecular weight excluding hydrogens is 257 g/mol. The second kappa shape index (κ2) is 4.50. The average Bonchev–Trinajstić information content (AvgIpc) is 2.64. The van der Waals surface area contributed by atoms with Crippen LogP contribution in [-0.2, 0) is 16.6 Å². The maximum Gasteiger partial charge on any atom is 0.329 e. The van der Waals surface area contributed by atoms with E-state index in [0.29, 0.717) is 29.0 Å². The van der Waals surface area contributed by atoms with Gasteiger partial charge in [0.2, 0.25) is 11.8 Å². The molecule has 1 saturated heterocycles. The Kier molecular flexibility index (Phi) is 2.92. The van der Waals surface area contributed by atoms with Crippen molar-refractivity contribution in [2.45, 2.75) is 31.7 Å². The number of amides is 2. The van der Waals surface area contributed by atoms with Crippen LogP contribution < -0.4 is 21.7 Å². The van der Waals surface area contributed by atoms with Gasteiger partial charge in [0.1, 0.15) is 13.9 Å². The highest BCUT2D eigenvalue weighted by atomic mass is 16.2. The van der Waals surface area contributed by atoms with Gasteiger partial charge in [0.15, 0.2) is 0 Å². The lowest BCUT2D eigenvalue weighted by atomic mass is 9.88. The number of aromatic nitrogens is 2. The molecule has 0 bridgehead atoms. The lowest BCUT2D eigenvalue weighted by Gasteiger charge is -2.21. The first-order valence-electron chi connectivity index (χ1n) is 6.60. The molecule has 1 aromatic heterocycles. The molecule has 2 aliphatic rings. The summed E-state index contributed by atoms with van der Waals surface area (Å²) in [5.41, 5.74) is 0.388. The lowest BCUT2D eigenvalue weighted by molar-refractivity contribution is -0.135. The molecule has 1 aliphatic heterocycles. The first kappa shape index (κ1) is 13.0. The summed E-state index contributed by atoms with van der Waals surface area (Å²) in [6.07, 6.45) is 3.96. The molecule has 0 aromatic carbocycles. The molecule has 1 aliphatic carbocycles. The highest BCUT2D eigenvalue weighted by Crippen LogP contribution is 2.15. The third kappa shape index (κ3) is 1.77. The molecule has 1 aromatic rings. The number of nitrogens with one attached hydrogen (secondary N) is 1. The Morgan fingerprint density at radius 2 is 2.05 bits per heavy atom. The van der Waals surface area contributed by atoms with Crippen LogP contribution in [0.15, 0.2) is 4.79 Å². The molecule has 3 rings (SSSR count). The van der Waals surface area contributed by atoms with Gasteiger partial charge in [0, 0.05) is 13.5 Å². The summed E-state index contributed by atoms with van der Waals surface area (Å²) in [7, 11) is 7.63. The van der Waals surface area contributed by atoms with Gasteiger partial charge in [0.05, 0.1) is 10.7 Å². The van der Waals surface area contributed by atoms with E-state index in [1.807, 2.05) is 6.08 Å². The smallest absolute Gasteiger partial charge is 0.296 e. The number of imidazole rings is 1. The second-order valence-corrected chi connectivity index (χ2v) is 5.18. The zero-order valence-corrected chi connectivity index (χ0v) is 11.2. The Morgan fingerprint density at radius 3 is 2.75 bits per heavy atom. The standard InChI is InChI=1S/C13H14BN3O3/c1-16-11-7(14)3-2-4-8(11)17(13(16)20)9-5-6-10(18)15-12(9)19/h4,9H,2-3,5-6H2,1H3,(H,15,18,19). The highest BCUT2D eigenvalue weighted by Gasteiger charge is 2.30. The number of hydrogen-bond acceptors (Lipinski definition) is 3. The predicted octanol–water partition coefficient (Wildman–Crippen LogP) is -1.98. The maximum atomic E-state index is 12.4. The molecule has 6 nitrogen and oxygen atoms in total. The molecule has 7 heteroatoms. The number of nitrogens with zero attached hydrogens (tertiary/aromatic N) is 2. The van der Waals surface area contributed by atoms with Gasteiger partial charge in [-0.1, -0.05) is 11.5 Å². The molecule has 0 saturated carbocycles. The third-order valence-corrected chi connectivity index (χ3v) is 3.91. The minimum Gasteiger partial charge on any atom is -0.296 e. The summed E-state index contributed by atoms with van der Waals surface area (Å²) in [5, 5.41) is 3.66. The summed E-state index contributed by atoms with van der Waals surface area (Å²) < 4.78 is 2.94. The summed E-state index contributed by atoms with van der Waals surface area (Å²) in [6.45, 7) is 0. The van der Waals surface area contributed by atoms with Crippen LogP contribution in [0.5, 0.6) is 0 Å². The molecule has 0 spiro atoms. The van der Waals surface area contributed by atoms with Crippen molar-refractivity contribution in [2.75, 3.05) is 0 Å². The number of piperidine rings is 1. The molecule has 2 amide bonds. The van der Waals surface area contributed by atoms with E-state index in [2.05, 4.69) is 5.32 Å². The number of hydrogen-bond donors (Lipinski definition) is 1. The summed E-state index contributed by atoms with van der Waals surface area (Å²) >= 11 is 0. The number of fused-ring (bicyclic) bond motifs is 1. The molecule has 20 heavy (non-hydrogen) atoms. The first-order chi connectivity index (χ1) is 9.50. The molecule has 1 unspecified atom stereocenters. The van der Waals surface area contributed by atoms with Crippen LogP contribution in [0.4, 0.5) is 0 Å².